The van der Waals surface area contributed by atoms with E-state index in [9.17, 15) is 4.21 Å². The Kier molecular flexibility index (Phi) is 6.90. The van der Waals surface area contributed by atoms with Gasteiger partial charge in [-0.15, -0.1) is 0 Å². The second-order valence-corrected chi connectivity index (χ2v) is 9.32. The highest BCUT2D eigenvalue weighted by molar-refractivity contribution is 7.84. The van der Waals surface area contributed by atoms with Crippen LogP contribution in [0.2, 0.25) is 0 Å². The average Bonchev–Trinajstić information content (AvgIpc) is 3.14. The minimum absolute atomic E-state index is 0. The molecule has 0 bridgehead atoms. The molecule has 3 aromatic rings. The molecule has 8 heteroatoms. The second-order valence-electron chi connectivity index (χ2n) is 7.96. The number of H-pyrrole nitrogens is 1. The van der Waals surface area contributed by atoms with Crippen molar-refractivity contribution in [3.8, 4) is 5.75 Å². The van der Waals surface area contributed by atoms with Gasteiger partial charge < -0.3 is 19.2 Å². The number of ether oxygens (including phenoxy) is 3. The molecule has 162 valence electrons. The zero-order valence-electron chi connectivity index (χ0n) is 16.8. The van der Waals surface area contributed by atoms with Crippen LogP contribution in [-0.2, 0) is 26.0 Å². The Balaban J connectivity index is 0.00000256. The Bertz CT molecular complexity index is 991. The summed E-state index contributed by atoms with van der Waals surface area (Å²) in [6.07, 6.45) is 1.28. The van der Waals surface area contributed by atoms with Crippen LogP contribution >= 0.6 is 0 Å². The third-order valence-electron chi connectivity index (χ3n) is 4.80. The Hall–Kier alpha value is -2.29. The van der Waals surface area contributed by atoms with Crippen molar-refractivity contribution in [3.63, 3.8) is 0 Å². The number of aromatic amines is 1. The van der Waals surface area contributed by atoms with Crippen molar-refractivity contribution in [1.82, 2.24) is 15.0 Å². The van der Waals surface area contributed by atoms with Crippen LogP contribution in [0.15, 0.2) is 41.7 Å². The minimum atomic E-state index is -1.34. The monoisotopic (exact) mass is 431 g/mol. The van der Waals surface area contributed by atoms with Crippen molar-refractivity contribution in [2.45, 2.75) is 45.4 Å². The first-order chi connectivity index (χ1) is 13.9. The molecule has 0 spiro atoms. The third kappa shape index (κ3) is 5.06. The fourth-order valence-corrected chi connectivity index (χ4v) is 4.17. The van der Waals surface area contributed by atoms with E-state index < -0.39 is 10.8 Å². The zero-order chi connectivity index (χ0) is 20.4. The van der Waals surface area contributed by atoms with Gasteiger partial charge in [0.2, 0.25) is 0 Å². The molecule has 1 saturated heterocycles. The molecule has 1 unspecified atom stereocenters. The first-order valence-electron chi connectivity index (χ1n) is 9.55. The van der Waals surface area contributed by atoms with Crippen LogP contribution < -0.4 is 4.74 Å². The lowest BCUT2D eigenvalue weighted by Crippen LogP contribution is -2.40. The van der Waals surface area contributed by atoms with Gasteiger partial charge in [-0.1, -0.05) is 33.4 Å². The quantitative estimate of drug-likeness (QED) is 0.635. The number of aromatic nitrogens is 3. The summed E-state index contributed by atoms with van der Waals surface area (Å²) < 4.78 is 30.1. The summed E-state index contributed by atoms with van der Waals surface area (Å²) in [6, 6.07) is 9.43. The van der Waals surface area contributed by atoms with Gasteiger partial charge in [0.25, 0.3) is 0 Å². The van der Waals surface area contributed by atoms with Gasteiger partial charge in [0.1, 0.15) is 12.4 Å². The first kappa shape index (κ1) is 22.4. The van der Waals surface area contributed by atoms with Crippen LogP contribution in [0.25, 0.3) is 11.0 Å². The molecule has 0 saturated carbocycles. The number of imidazole rings is 1. The maximum absolute atomic E-state index is 12.8. The highest BCUT2D eigenvalue weighted by Crippen LogP contribution is 2.25. The molecule has 1 aromatic carbocycles. The van der Waals surface area contributed by atoms with Gasteiger partial charge in [-0.3, -0.25) is 9.19 Å². The molecule has 0 amide bonds. The maximum atomic E-state index is 12.8. The van der Waals surface area contributed by atoms with Crippen molar-refractivity contribution < 1.29 is 18.4 Å². The third-order valence-corrected chi connectivity index (χ3v) is 5.96. The van der Waals surface area contributed by atoms with Crippen LogP contribution in [0, 0.1) is 12.3 Å². The minimum Gasteiger partial charge on any atom is -0.488 e. The smallest absolute Gasteiger partial charge is 0.197 e. The van der Waals surface area contributed by atoms with Gasteiger partial charge in [0, 0.05) is 17.2 Å². The number of fused-ring (bicyclic) bond motifs is 1. The lowest BCUT2D eigenvalue weighted by Gasteiger charge is -2.34. The number of benzene rings is 1. The van der Waals surface area contributed by atoms with Crippen LogP contribution in [-0.4, -0.2) is 45.3 Å². The predicted molar refractivity (Wildman–Crippen MR) is 117 cm³/mol. The van der Waals surface area contributed by atoms with Crippen LogP contribution in [0.5, 0.6) is 5.75 Å². The van der Waals surface area contributed by atoms with E-state index in [1.54, 1.807) is 12.3 Å². The van der Waals surface area contributed by atoms with Crippen LogP contribution in [0.1, 0.15) is 32.5 Å². The molecule has 30 heavy (non-hydrogen) atoms. The summed E-state index contributed by atoms with van der Waals surface area (Å²) in [6.45, 7) is 7.69. The van der Waals surface area contributed by atoms with Gasteiger partial charge in [-0.05, 0) is 25.1 Å². The Labute approximate surface area is 179 Å². The number of nitrogens with zero attached hydrogens (tertiary/aromatic N) is 2. The van der Waals surface area contributed by atoms with E-state index in [1.165, 1.54) is 0 Å². The van der Waals surface area contributed by atoms with Crippen molar-refractivity contribution in [3.05, 3.63) is 47.8 Å². The molecule has 1 aliphatic heterocycles. The number of hydrogen-bond donors (Lipinski definition) is 1. The highest BCUT2D eigenvalue weighted by Gasteiger charge is 2.28. The van der Waals surface area contributed by atoms with E-state index in [-0.39, 0.29) is 24.9 Å². The van der Waals surface area contributed by atoms with E-state index in [1.807, 2.05) is 31.2 Å². The fourth-order valence-electron chi connectivity index (χ4n) is 3.07. The summed E-state index contributed by atoms with van der Waals surface area (Å²) in [5.74, 6) is 0.946. The number of rotatable bonds is 6. The number of hydrogen-bond acceptors (Lipinski definition) is 6. The van der Waals surface area contributed by atoms with Gasteiger partial charge in [0.15, 0.2) is 11.4 Å². The molecule has 3 heterocycles. The SMILES string of the molecule is C.Cc1c(OCC2OCC(C)(C)CO2)ccnc1CS(=O)c1nc2ccccc2[nH]1. The fraction of sp³-hybridized carbons (Fsp3) is 0.455. The van der Waals surface area contributed by atoms with E-state index in [4.69, 9.17) is 14.2 Å². The molecule has 1 atom stereocenters. The van der Waals surface area contributed by atoms with Gasteiger partial charge in [-0.25, -0.2) is 4.98 Å². The topological polar surface area (TPSA) is 86.3 Å². The normalized spacial score (nSPS) is 17.4. The van der Waals surface area contributed by atoms with E-state index in [0.717, 1.165) is 16.6 Å². The van der Waals surface area contributed by atoms with E-state index in [2.05, 4.69) is 28.8 Å². The van der Waals surface area contributed by atoms with Crippen LogP contribution in [0.4, 0.5) is 0 Å². The summed E-state index contributed by atoms with van der Waals surface area (Å²) >= 11 is 0. The van der Waals surface area contributed by atoms with E-state index >= 15 is 0 Å². The lowest BCUT2D eigenvalue weighted by molar-refractivity contribution is -0.231. The molecule has 1 aliphatic rings. The van der Waals surface area contributed by atoms with E-state index in [0.29, 0.717) is 36.4 Å². The first-order valence-corrected chi connectivity index (χ1v) is 10.9. The molecule has 1 N–H and O–H groups in total. The molecule has 1 fully saturated rings. The summed E-state index contributed by atoms with van der Waals surface area (Å²) in [4.78, 5) is 11.9. The molecule has 4 rings (SSSR count). The number of para-hydroxylation sites is 2. The molecular formula is C22H29N3O4S. The largest absolute Gasteiger partial charge is 0.488 e. The second kappa shape index (κ2) is 9.24. The van der Waals surface area contributed by atoms with Crippen molar-refractivity contribution in [2.75, 3.05) is 19.8 Å². The van der Waals surface area contributed by atoms with Crippen molar-refractivity contribution in [2.24, 2.45) is 5.41 Å². The van der Waals surface area contributed by atoms with Gasteiger partial charge in [-0.2, -0.15) is 0 Å². The highest BCUT2D eigenvalue weighted by atomic mass is 32.2. The van der Waals surface area contributed by atoms with Crippen molar-refractivity contribution >= 4 is 21.8 Å². The zero-order valence-corrected chi connectivity index (χ0v) is 17.6. The molecule has 2 aromatic heterocycles. The van der Waals surface area contributed by atoms with Crippen molar-refractivity contribution in [1.29, 1.82) is 0 Å². The average molecular weight is 432 g/mol. The standard InChI is InChI=1S/C21H25N3O4S.CH4/c1-14-17(11-29(25)20-23-15-6-4-5-7-16(15)24-20)22-9-8-18(14)26-10-19-27-12-21(2,3)13-28-19;/h4-9,19H,10-13H2,1-3H3,(H,23,24);1H4. The Morgan fingerprint density at radius 3 is 2.70 bits per heavy atom. The van der Waals surface area contributed by atoms with Crippen LogP contribution in [0.3, 0.4) is 0 Å². The Morgan fingerprint density at radius 1 is 1.23 bits per heavy atom. The van der Waals surface area contributed by atoms with Gasteiger partial charge >= 0.3 is 0 Å². The molecular weight excluding hydrogens is 402 g/mol. The Morgan fingerprint density at radius 2 is 1.97 bits per heavy atom. The molecule has 7 nitrogen and oxygen atoms in total. The summed E-state index contributed by atoms with van der Waals surface area (Å²) in [7, 11) is -1.34. The lowest BCUT2D eigenvalue weighted by atomic mass is 9.96. The maximum Gasteiger partial charge on any atom is 0.197 e. The molecule has 0 radical (unpaired) electrons. The molecule has 0 aliphatic carbocycles. The summed E-state index contributed by atoms with van der Waals surface area (Å²) in [5, 5.41) is 0.449. The summed E-state index contributed by atoms with van der Waals surface area (Å²) in [5.41, 5.74) is 3.26. The van der Waals surface area contributed by atoms with Gasteiger partial charge in [0.05, 0.1) is 46.5 Å². The number of nitrogens with one attached hydrogen (secondary N) is 1. The number of pyridine rings is 1. The predicted octanol–water partition coefficient (Wildman–Crippen LogP) is 3.99.